The Bertz CT molecular complexity index is 1230. The minimum atomic E-state index is -0.631. The fourth-order valence-corrected chi connectivity index (χ4v) is 3.70. The van der Waals surface area contributed by atoms with E-state index >= 15 is 0 Å². The van der Waals surface area contributed by atoms with E-state index in [0.29, 0.717) is 81.8 Å². The molecule has 3 rings (SSSR count). The van der Waals surface area contributed by atoms with E-state index in [4.69, 9.17) is 63.1 Å². The average molecular weight is 605 g/mol. The van der Waals surface area contributed by atoms with Crippen LogP contribution in [0, 0.1) is 5.82 Å². The first-order valence-electron chi connectivity index (χ1n) is 12.5. The van der Waals surface area contributed by atoms with Crippen molar-refractivity contribution in [3.8, 4) is 17.1 Å². The van der Waals surface area contributed by atoms with E-state index in [-0.39, 0.29) is 40.5 Å². The molecule has 10 nitrogen and oxygen atoms in total. The number of anilines is 2. The lowest BCUT2D eigenvalue weighted by Gasteiger charge is -2.12. The average Bonchev–Trinajstić information content (AvgIpc) is 2.93. The zero-order valence-corrected chi connectivity index (χ0v) is 23.3. The second-order valence-corrected chi connectivity index (χ2v) is 9.00. The number of halogens is 4. The van der Waals surface area contributed by atoms with Gasteiger partial charge in [-0.05, 0) is 18.2 Å². The van der Waals surface area contributed by atoms with Crippen LogP contribution in [0.25, 0.3) is 22.3 Å². The summed E-state index contributed by atoms with van der Waals surface area (Å²) in [5.41, 5.74) is 13.0. The summed E-state index contributed by atoms with van der Waals surface area (Å²) in [5, 5.41) is 0.742. The number of benzene rings is 2. The highest BCUT2D eigenvalue weighted by Crippen LogP contribution is 2.34. The van der Waals surface area contributed by atoms with Crippen LogP contribution in [-0.4, -0.2) is 89.3 Å². The standard InChI is InChI=1S/C26H32Cl2F2N4O6/c27-19-13-17(21(30)15-20(19)28)26-33-23-16-24(22(31)14-18(23)25(32)34-26)40-12-11-39-10-9-38-8-7-37-6-5-36-4-3-35-2-1-29/h13-16H,1-12,31H2,(H2,32,33,34). The molecule has 4 N–H and O–H groups in total. The van der Waals surface area contributed by atoms with Gasteiger partial charge in [-0.15, -0.1) is 0 Å². The van der Waals surface area contributed by atoms with E-state index in [1.54, 1.807) is 12.1 Å². The van der Waals surface area contributed by atoms with Crippen molar-refractivity contribution in [3.05, 3.63) is 40.1 Å². The number of fused-ring (bicyclic) bond motifs is 1. The molecule has 0 radical (unpaired) electrons. The molecule has 14 heteroatoms. The number of hydrogen-bond acceptors (Lipinski definition) is 10. The van der Waals surface area contributed by atoms with Gasteiger partial charge in [0, 0.05) is 11.5 Å². The van der Waals surface area contributed by atoms with Gasteiger partial charge in [-0.2, -0.15) is 0 Å². The first-order chi connectivity index (χ1) is 19.4. The van der Waals surface area contributed by atoms with Gasteiger partial charge in [0.15, 0.2) is 5.82 Å². The molecule has 0 bridgehead atoms. The number of hydrogen-bond donors (Lipinski definition) is 2. The molecule has 1 aromatic heterocycles. The van der Waals surface area contributed by atoms with Gasteiger partial charge < -0.3 is 39.9 Å². The fourth-order valence-electron chi connectivity index (χ4n) is 3.38. The van der Waals surface area contributed by atoms with Crippen molar-refractivity contribution in [2.75, 3.05) is 90.8 Å². The number of alkyl halides is 1. The van der Waals surface area contributed by atoms with Crippen LogP contribution in [0.1, 0.15) is 0 Å². The summed E-state index contributed by atoms with van der Waals surface area (Å²) in [7, 11) is 0. The molecule has 40 heavy (non-hydrogen) atoms. The minimum absolute atomic E-state index is 0.0514. The van der Waals surface area contributed by atoms with Gasteiger partial charge in [0.2, 0.25) is 0 Å². The summed E-state index contributed by atoms with van der Waals surface area (Å²) in [5.74, 6) is -0.0782. The summed E-state index contributed by atoms with van der Waals surface area (Å²) in [4.78, 5) is 8.61. The van der Waals surface area contributed by atoms with E-state index in [1.807, 2.05) is 0 Å². The van der Waals surface area contributed by atoms with Crippen LogP contribution in [0.2, 0.25) is 10.0 Å². The molecular formula is C26H32Cl2F2N4O6. The van der Waals surface area contributed by atoms with Crippen LogP contribution in [0.5, 0.6) is 5.75 Å². The highest BCUT2D eigenvalue weighted by Gasteiger charge is 2.16. The zero-order valence-electron chi connectivity index (χ0n) is 21.8. The Kier molecular flexibility index (Phi) is 13.8. The number of aromatic nitrogens is 2. The maximum atomic E-state index is 14.5. The van der Waals surface area contributed by atoms with Crippen molar-refractivity contribution in [1.29, 1.82) is 0 Å². The molecule has 2 aromatic carbocycles. The zero-order chi connectivity index (χ0) is 28.7. The summed E-state index contributed by atoms with van der Waals surface area (Å²) in [6.07, 6.45) is 0. The molecule has 0 aliphatic carbocycles. The Morgan fingerprint density at radius 1 is 0.675 bits per heavy atom. The monoisotopic (exact) mass is 604 g/mol. The van der Waals surface area contributed by atoms with E-state index in [1.165, 1.54) is 6.07 Å². The second kappa shape index (κ2) is 17.3. The number of ether oxygens (including phenoxy) is 6. The van der Waals surface area contributed by atoms with Crippen LogP contribution in [0.15, 0.2) is 24.3 Å². The molecule has 0 fully saturated rings. The third-order valence-electron chi connectivity index (χ3n) is 5.30. The summed E-state index contributed by atoms with van der Waals surface area (Å²) < 4.78 is 58.7. The van der Waals surface area contributed by atoms with Crippen LogP contribution < -0.4 is 16.2 Å². The van der Waals surface area contributed by atoms with Crippen molar-refractivity contribution in [2.24, 2.45) is 0 Å². The van der Waals surface area contributed by atoms with Crippen molar-refractivity contribution < 1.29 is 37.2 Å². The molecule has 0 spiro atoms. The van der Waals surface area contributed by atoms with E-state index in [9.17, 15) is 8.78 Å². The van der Waals surface area contributed by atoms with Gasteiger partial charge in [-0.1, -0.05) is 23.2 Å². The molecular weight excluding hydrogens is 573 g/mol. The quantitative estimate of drug-likeness (QED) is 0.116. The van der Waals surface area contributed by atoms with Gasteiger partial charge in [0.25, 0.3) is 0 Å². The molecule has 1 heterocycles. The maximum absolute atomic E-state index is 14.5. The summed E-state index contributed by atoms with van der Waals surface area (Å²) in [6.45, 7) is 3.38. The highest BCUT2D eigenvalue weighted by atomic mass is 35.5. The molecule has 0 aliphatic heterocycles. The van der Waals surface area contributed by atoms with E-state index in [0.717, 1.165) is 6.07 Å². The second-order valence-electron chi connectivity index (χ2n) is 8.19. The lowest BCUT2D eigenvalue weighted by atomic mass is 10.1. The van der Waals surface area contributed by atoms with Crippen LogP contribution in [-0.2, 0) is 23.7 Å². The SMILES string of the molecule is Nc1cc2c(N)nc(-c3cc(Cl)c(Cl)cc3F)nc2cc1OCCOCCOCCOCCOCCOCCF. The highest BCUT2D eigenvalue weighted by molar-refractivity contribution is 6.42. The minimum Gasteiger partial charge on any atom is -0.489 e. The predicted octanol–water partition coefficient (Wildman–Crippen LogP) is 4.34. The molecule has 0 saturated heterocycles. The van der Waals surface area contributed by atoms with Crippen LogP contribution >= 0.6 is 23.2 Å². The first kappa shape index (κ1) is 31.9. The van der Waals surface area contributed by atoms with Gasteiger partial charge in [0.1, 0.15) is 30.7 Å². The van der Waals surface area contributed by atoms with Gasteiger partial charge in [0.05, 0.1) is 92.9 Å². The van der Waals surface area contributed by atoms with Gasteiger partial charge in [-0.3, -0.25) is 0 Å². The van der Waals surface area contributed by atoms with E-state index < -0.39 is 12.5 Å². The first-order valence-corrected chi connectivity index (χ1v) is 13.3. The van der Waals surface area contributed by atoms with Gasteiger partial charge in [-0.25, -0.2) is 18.7 Å². The summed E-state index contributed by atoms with van der Waals surface area (Å²) >= 11 is 11.9. The largest absolute Gasteiger partial charge is 0.489 e. The molecule has 220 valence electrons. The lowest BCUT2D eigenvalue weighted by molar-refractivity contribution is -0.0132. The number of nitrogens with zero attached hydrogens (tertiary/aromatic N) is 2. The third-order valence-corrected chi connectivity index (χ3v) is 6.02. The van der Waals surface area contributed by atoms with Crippen LogP contribution in [0.4, 0.5) is 20.3 Å². The maximum Gasteiger partial charge on any atom is 0.165 e. The Hall–Kier alpha value is -2.58. The molecule has 0 atom stereocenters. The number of nitrogens with two attached hydrogens (primary N) is 2. The van der Waals surface area contributed by atoms with E-state index in [2.05, 4.69) is 9.97 Å². The predicted molar refractivity (Wildman–Crippen MR) is 149 cm³/mol. The van der Waals surface area contributed by atoms with Crippen molar-refractivity contribution in [1.82, 2.24) is 9.97 Å². The molecule has 0 aliphatic rings. The molecule has 0 unspecified atom stereocenters. The fraction of sp³-hybridized carbons (Fsp3) is 0.462. The molecule has 0 saturated carbocycles. The Labute approximate surface area is 240 Å². The number of nitrogen functional groups attached to an aromatic ring is 2. The van der Waals surface area contributed by atoms with Crippen molar-refractivity contribution >= 4 is 45.6 Å². The number of rotatable bonds is 19. The molecule has 0 amide bonds. The lowest BCUT2D eigenvalue weighted by Crippen LogP contribution is -2.14. The van der Waals surface area contributed by atoms with Crippen LogP contribution in [0.3, 0.4) is 0 Å². The Morgan fingerprint density at radius 2 is 1.20 bits per heavy atom. The Balaban J connectivity index is 1.35. The normalized spacial score (nSPS) is 11.4. The van der Waals surface area contributed by atoms with Crippen molar-refractivity contribution in [3.63, 3.8) is 0 Å². The van der Waals surface area contributed by atoms with Crippen molar-refractivity contribution in [2.45, 2.75) is 0 Å². The topological polar surface area (TPSA) is 133 Å². The third kappa shape index (κ3) is 10.1. The van der Waals surface area contributed by atoms with Gasteiger partial charge >= 0.3 is 0 Å². The molecule has 3 aromatic rings. The Morgan fingerprint density at radius 3 is 1.77 bits per heavy atom. The summed E-state index contributed by atoms with van der Waals surface area (Å²) in [6, 6.07) is 5.64. The smallest absolute Gasteiger partial charge is 0.165 e.